The zero-order chi connectivity index (χ0) is 17.9. The summed E-state index contributed by atoms with van der Waals surface area (Å²) in [6.45, 7) is 2.23. The number of hydrogen-bond donors (Lipinski definition) is 3. The number of nitrogens with one attached hydrogen (secondary N) is 2. The van der Waals surface area contributed by atoms with Gasteiger partial charge in [-0.1, -0.05) is 6.07 Å². The van der Waals surface area contributed by atoms with Crippen LogP contribution in [0.5, 0.6) is 0 Å². The molecule has 0 saturated carbocycles. The van der Waals surface area contributed by atoms with E-state index in [1.165, 1.54) is 0 Å². The number of rotatable bonds is 5. The number of carbonyl (C=O) groups excluding carboxylic acids is 1. The van der Waals surface area contributed by atoms with Crippen LogP contribution in [0, 0.1) is 5.92 Å². The summed E-state index contributed by atoms with van der Waals surface area (Å²) in [5.74, 6) is -0.0742. The van der Waals surface area contributed by atoms with Gasteiger partial charge in [0.05, 0.1) is 5.69 Å². The number of fused-ring (bicyclic) bond motifs is 1. The maximum absolute atomic E-state index is 12.7. The molecule has 6 nitrogen and oxygen atoms in total. The number of hydrogen-bond acceptors (Lipinski definition) is 4. The molecule has 1 aliphatic heterocycles. The Morgan fingerprint density at radius 3 is 3.00 bits per heavy atom. The molecular weight excluding hydrogens is 328 g/mol. The SMILES string of the molecule is O=C(N[C@@H]1CN(Cc2ccccn2)C[C@H]1CO)c1ccc2[nH]ccc2c1. The first-order chi connectivity index (χ1) is 12.7. The lowest BCUT2D eigenvalue weighted by Gasteiger charge is -2.18. The average molecular weight is 350 g/mol. The molecule has 1 saturated heterocycles. The minimum Gasteiger partial charge on any atom is -0.396 e. The lowest BCUT2D eigenvalue weighted by molar-refractivity contribution is 0.0921. The predicted molar refractivity (Wildman–Crippen MR) is 99.6 cm³/mol. The fourth-order valence-electron chi connectivity index (χ4n) is 3.61. The molecule has 3 N–H and O–H groups in total. The smallest absolute Gasteiger partial charge is 0.251 e. The van der Waals surface area contributed by atoms with E-state index in [4.69, 9.17) is 0 Å². The molecule has 6 heteroatoms. The highest BCUT2D eigenvalue weighted by molar-refractivity contribution is 5.98. The number of aromatic amines is 1. The van der Waals surface area contributed by atoms with Gasteiger partial charge < -0.3 is 15.4 Å². The van der Waals surface area contributed by atoms with Gasteiger partial charge in [-0.3, -0.25) is 14.7 Å². The van der Waals surface area contributed by atoms with Crippen molar-refractivity contribution in [2.45, 2.75) is 12.6 Å². The van der Waals surface area contributed by atoms with Gasteiger partial charge in [-0.2, -0.15) is 0 Å². The molecule has 2 aromatic heterocycles. The van der Waals surface area contributed by atoms with Crippen LogP contribution in [0.3, 0.4) is 0 Å². The molecule has 0 spiro atoms. The first-order valence-corrected chi connectivity index (χ1v) is 8.84. The third kappa shape index (κ3) is 3.47. The van der Waals surface area contributed by atoms with Gasteiger partial charge in [-0.05, 0) is 36.4 Å². The van der Waals surface area contributed by atoms with E-state index < -0.39 is 0 Å². The largest absolute Gasteiger partial charge is 0.396 e. The second-order valence-electron chi connectivity index (χ2n) is 6.82. The fraction of sp³-hybridized carbons (Fsp3) is 0.300. The van der Waals surface area contributed by atoms with E-state index in [-0.39, 0.29) is 24.5 Å². The molecule has 134 valence electrons. The normalized spacial score (nSPS) is 20.5. The van der Waals surface area contributed by atoms with Crippen molar-refractivity contribution in [2.75, 3.05) is 19.7 Å². The van der Waals surface area contributed by atoms with Gasteiger partial charge >= 0.3 is 0 Å². The van der Waals surface area contributed by atoms with E-state index in [0.29, 0.717) is 12.1 Å². The van der Waals surface area contributed by atoms with Gasteiger partial charge in [0.1, 0.15) is 0 Å². The van der Waals surface area contributed by atoms with Crippen LogP contribution < -0.4 is 5.32 Å². The molecule has 1 amide bonds. The molecular formula is C20H22N4O2. The number of aliphatic hydroxyl groups excluding tert-OH is 1. The summed E-state index contributed by atoms with van der Waals surface area (Å²) < 4.78 is 0. The number of likely N-dealkylation sites (tertiary alicyclic amines) is 1. The van der Waals surface area contributed by atoms with Crippen molar-refractivity contribution in [2.24, 2.45) is 5.92 Å². The van der Waals surface area contributed by atoms with E-state index >= 15 is 0 Å². The zero-order valence-corrected chi connectivity index (χ0v) is 14.4. The molecule has 3 aromatic rings. The standard InChI is InChI=1S/C20H22N4O2/c25-13-16-10-24(11-17-3-1-2-7-21-17)12-19(16)23-20(26)15-4-5-18-14(9-15)6-8-22-18/h1-9,16,19,22,25H,10-13H2,(H,23,26)/t16-,19+/m0/s1. The van der Waals surface area contributed by atoms with Gasteiger partial charge in [0.2, 0.25) is 0 Å². The quantitative estimate of drug-likeness (QED) is 0.655. The van der Waals surface area contributed by atoms with Crippen molar-refractivity contribution in [1.82, 2.24) is 20.2 Å². The van der Waals surface area contributed by atoms with Crippen molar-refractivity contribution in [1.29, 1.82) is 0 Å². The zero-order valence-electron chi connectivity index (χ0n) is 14.4. The molecule has 0 bridgehead atoms. The van der Waals surface area contributed by atoms with Crippen LogP contribution in [0.2, 0.25) is 0 Å². The highest BCUT2D eigenvalue weighted by atomic mass is 16.3. The Morgan fingerprint density at radius 1 is 1.27 bits per heavy atom. The molecule has 3 heterocycles. The molecule has 0 aliphatic carbocycles. The minimum absolute atomic E-state index is 0.0265. The molecule has 1 aromatic carbocycles. The summed E-state index contributed by atoms with van der Waals surface area (Å²) in [6.07, 6.45) is 3.64. The van der Waals surface area contributed by atoms with Crippen molar-refractivity contribution in [3.05, 3.63) is 66.1 Å². The molecule has 1 aliphatic rings. The van der Waals surface area contributed by atoms with E-state index in [0.717, 1.165) is 29.7 Å². The van der Waals surface area contributed by atoms with Crippen LogP contribution >= 0.6 is 0 Å². The second kappa shape index (κ2) is 7.27. The topological polar surface area (TPSA) is 81.2 Å². The maximum Gasteiger partial charge on any atom is 0.251 e. The third-order valence-electron chi connectivity index (χ3n) is 4.99. The van der Waals surface area contributed by atoms with E-state index in [1.54, 1.807) is 6.20 Å². The van der Waals surface area contributed by atoms with Crippen LogP contribution in [-0.4, -0.2) is 51.6 Å². The number of aliphatic hydroxyl groups is 1. The number of benzene rings is 1. The Balaban J connectivity index is 1.43. The Morgan fingerprint density at radius 2 is 2.19 bits per heavy atom. The molecule has 26 heavy (non-hydrogen) atoms. The summed E-state index contributed by atoms with van der Waals surface area (Å²) in [5.41, 5.74) is 2.64. The van der Waals surface area contributed by atoms with E-state index in [9.17, 15) is 9.90 Å². The van der Waals surface area contributed by atoms with Gasteiger partial charge in [0.15, 0.2) is 0 Å². The van der Waals surface area contributed by atoms with Crippen molar-refractivity contribution < 1.29 is 9.90 Å². The molecule has 4 rings (SSSR count). The van der Waals surface area contributed by atoms with E-state index in [2.05, 4.69) is 20.2 Å². The van der Waals surface area contributed by atoms with Crippen molar-refractivity contribution >= 4 is 16.8 Å². The van der Waals surface area contributed by atoms with Crippen molar-refractivity contribution in [3.63, 3.8) is 0 Å². The van der Waals surface area contributed by atoms with Gasteiger partial charge in [-0.15, -0.1) is 0 Å². The maximum atomic E-state index is 12.7. The van der Waals surface area contributed by atoms with Crippen LogP contribution in [-0.2, 0) is 6.54 Å². The summed E-state index contributed by atoms with van der Waals surface area (Å²) in [6, 6.07) is 13.4. The second-order valence-corrected chi connectivity index (χ2v) is 6.82. The van der Waals surface area contributed by atoms with Crippen LogP contribution in [0.15, 0.2) is 54.9 Å². The van der Waals surface area contributed by atoms with Crippen LogP contribution in [0.1, 0.15) is 16.1 Å². The monoisotopic (exact) mass is 350 g/mol. The van der Waals surface area contributed by atoms with Gasteiger partial charge in [0, 0.05) is 67.1 Å². The minimum atomic E-state index is -0.101. The van der Waals surface area contributed by atoms with Gasteiger partial charge in [0.25, 0.3) is 5.91 Å². The number of amides is 1. The summed E-state index contributed by atoms with van der Waals surface area (Å²) >= 11 is 0. The first-order valence-electron chi connectivity index (χ1n) is 8.84. The number of nitrogens with zero attached hydrogens (tertiary/aromatic N) is 2. The third-order valence-corrected chi connectivity index (χ3v) is 4.99. The number of carbonyl (C=O) groups is 1. The molecule has 0 radical (unpaired) electrons. The van der Waals surface area contributed by atoms with Crippen molar-refractivity contribution in [3.8, 4) is 0 Å². The summed E-state index contributed by atoms with van der Waals surface area (Å²) in [4.78, 5) is 22.4. The lowest BCUT2D eigenvalue weighted by atomic mass is 10.0. The molecule has 2 atom stereocenters. The predicted octanol–water partition coefficient (Wildman–Crippen LogP) is 1.79. The van der Waals surface area contributed by atoms with Crippen LogP contribution in [0.25, 0.3) is 10.9 Å². The van der Waals surface area contributed by atoms with Crippen LogP contribution in [0.4, 0.5) is 0 Å². The summed E-state index contributed by atoms with van der Waals surface area (Å²) in [7, 11) is 0. The Bertz CT molecular complexity index is 893. The highest BCUT2D eigenvalue weighted by Gasteiger charge is 2.33. The fourth-order valence-corrected chi connectivity index (χ4v) is 3.61. The van der Waals surface area contributed by atoms with E-state index in [1.807, 2.05) is 48.7 Å². The lowest BCUT2D eigenvalue weighted by Crippen LogP contribution is -2.41. The Kier molecular flexibility index (Phi) is 4.69. The average Bonchev–Trinajstić information content (AvgIpc) is 3.28. The Labute approximate surface area is 151 Å². The summed E-state index contributed by atoms with van der Waals surface area (Å²) in [5, 5.41) is 13.8. The van der Waals surface area contributed by atoms with Gasteiger partial charge in [-0.25, -0.2) is 0 Å². The molecule has 1 fully saturated rings. The first kappa shape index (κ1) is 16.8. The molecule has 0 unspecified atom stereocenters. The number of aromatic nitrogens is 2. The Hall–Kier alpha value is -2.70. The number of H-pyrrole nitrogens is 1. The number of pyridine rings is 1. The highest BCUT2D eigenvalue weighted by Crippen LogP contribution is 2.20.